The maximum absolute atomic E-state index is 6.06. The summed E-state index contributed by atoms with van der Waals surface area (Å²) in [5.41, 5.74) is 0.832. The minimum atomic E-state index is 0.535. The fourth-order valence-corrected chi connectivity index (χ4v) is 1.45. The molecule has 0 fully saturated rings. The molecule has 0 bridgehead atoms. The lowest BCUT2D eigenvalue weighted by molar-refractivity contribution is 0.346. The topological polar surface area (TPSA) is 34.1 Å². The number of allylic oxidation sites excluding steroid dienone is 1. The predicted octanol–water partition coefficient (Wildman–Crippen LogP) is 3.19. The zero-order valence-electron chi connectivity index (χ0n) is 10.4. The van der Waals surface area contributed by atoms with E-state index in [2.05, 4.69) is 17.2 Å². The number of nitrogens with one attached hydrogen (secondary N) is 1. The molecule has 1 rings (SSSR count). The van der Waals surface area contributed by atoms with Crippen LogP contribution in [0.5, 0.6) is 5.88 Å². The molecule has 1 N–H and O–H groups in total. The van der Waals surface area contributed by atoms with Crippen LogP contribution in [-0.4, -0.2) is 18.1 Å². The van der Waals surface area contributed by atoms with E-state index in [1.54, 1.807) is 6.07 Å². The van der Waals surface area contributed by atoms with Crippen LogP contribution in [0.2, 0.25) is 5.02 Å². The van der Waals surface area contributed by atoms with Gasteiger partial charge in [0.05, 0.1) is 10.7 Å². The zero-order chi connectivity index (χ0) is 12.5. The second kappa shape index (κ2) is 8.09. The van der Waals surface area contributed by atoms with Gasteiger partial charge in [0, 0.05) is 12.6 Å². The van der Waals surface area contributed by atoms with Crippen LogP contribution in [0.3, 0.4) is 0 Å². The van der Waals surface area contributed by atoms with Crippen LogP contribution in [0.4, 0.5) is 0 Å². The van der Waals surface area contributed by atoms with E-state index in [9.17, 15) is 0 Å². The number of halogens is 1. The first-order valence-corrected chi connectivity index (χ1v) is 6.25. The Kier molecular flexibility index (Phi) is 6.67. The lowest BCUT2D eigenvalue weighted by atomic mass is 10.3. The van der Waals surface area contributed by atoms with Crippen LogP contribution < -0.4 is 10.1 Å². The first-order valence-electron chi connectivity index (χ1n) is 5.88. The Morgan fingerprint density at radius 3 is 3.00 bits per heavy atom. The first-order chi connectivity index (χ1) is 8.27. The maximum Gasteiger partial charge on any atom is 0.213 e. The summed E-state index contributed by atoms with van der Waals surface area (Å²) in [4.78, 5) is 4.37. The summed E-state index contributed by atoms with van der Waals surface area (Å²) in [7, 11) is 0. The summed E-state index contributed by atoms with van der Waals surface area (Å²) in [6, 6.07) is 3.61. The molecule has 3 nitrogen and oxygen atoms in total. The number of pyridine rings is 1. The van der Waals surface area contributed by atoms with Crippen LogP contribution in [0.1, 0.15) is 26.0 Å². The van der Waals surface area contributed by atoms with Crippen molar-refractivity contribution >= 4 is 11.6 Å². The quantitative estimate of drug-likeness (QED) is 0.599. The van der Waals surface area contributed by atoms with Gasteiger partial charge in [-0.25, -0.2) is 4.98 Å². The van der Waals surface area contributed by atoms with Crippen LogP contribution in [0.15, 0.2) is 24.3 Å². The van der Waals surface area contributed by atoms with E-state index < -0.39 is 0 Å². The van der Waals surface area contributed by atoms with E-state index in [4.69, 9.17) is 16.3 Å². The van der Waals surface area contributed by atoms with Crippen LogP contribution in [0.25, 0.3) is 0 Å². The summed E-state index contributed by atoms with van der Waals surface area (Å²) in [6.45, 7) is 6.25. The Bertz CT molecular complexity index is 366. The third-order valence-electron chi connectivity index (χ3n) is 2.18. The Morgan fingerprint density at radius 2 is 2.29 bits per heavy atom. The molecular weight excluding hydrogens is 236 g/mol. The van der Waals surface area contributed by atoms with Gasteiger partial charge in [-0.3, -0.25) is 0 Å². The highest BCUT2D eigenvalue weighted by Crippen LogP contribution is 2.17. The molecule has 0 atom stereocenters. The molecule has 0 amide bonds. The number of nitrogens with zero attached hydrogens (tertiary/aromatic N) is 1. The molecule has 1 aromatic rings. The van der Waals surface area contributed by atoms with Crippen LogP contribution in [-0.2, 0) is 6.54 Å². The lowest BCUT2D eigenvalue weighted by Crippen LogP contribution is -2.15. The number of rotatable bonds is 7. The molecule has 1 aromatic heterocycles. The van der Waals surface area contributed by atoms with Gasteiger partial charge in [0.2, 0.25) is 5.88 Å². The highest BCUT2D eigenvalue weighted by Gasteiger charge is 2.04. The molecular formula is C13H19ClN2O. The minimum absolute atomic E-state index is 0.535. The van der Waals surface area contributed by atoms with Crippen molar-refractivity contribution in [3.63, 3.8) is 0 Å². The largest absolute Gasteiger partial charge is 0.473 e. The van der Waals surface area contributed by atoms with Crippen LogP contribution >= 0.6 is 11.6 Å². The Morgan fingerprint density at radius 1 is 1.47 bits per heavy atom. The summed E-state index contributed by atoms with van der Waals surface area (Å²) >= 11 is 6.06. The first kappa shape index (κ1) is 14.0. The molecule has 0 aliphatic carbocycles. The van der Waals surface area contributed by atoms with Crippen molar-refractivity contribution in [2.45, 2.75) is 26.8 Å². The monoisotopic (exact) mass is 254 g/mol. The van der Waals surface area contributed by atoms with Gasteiger partial charge < -0.3 is 10.1 Å². The molecule has 0 spiro atoms. The average molecular weight is 255 g/mol. The molecule has 0 aliphatic heterocycles. The van der Waals surface area contributed by atoms with Gasteiger partial charge in [-0.15, -0.1) is 0 Å². The van der Waals surface area contributed by atoms with E-state index in [1.807, 2.05) is 25.1 Å². The number of hydrogen-bond acceptors (Lipinski definition) is 3. The van der Waals surface area contributed by atoms with Gasteiger partial charge in [-0.1, -0.05) is 30.7 Å². The summed E-state index contributed by atoms with van der Waals surface area (Å²) in [5.74, 6) is 0.612. The lowest BCUT2D eigenvalue weighted by Gasteiger charge is -2.08. The molecule has 4 heteroatoms. The van der Waals surface area contributed by atoms with Crippen molar-refractivity contribution in [3.8, 4) is 5.88 Å². The molecule has 0 unspecified atom stereocenters. The van der Waals surface area contributed by atoms with E-state index >= 15 is 0 Å². The van der Waals surface area contributed by atoms with Crippen molar-refractivity contribution in [1.82, 2.24) is 10.3 Å². The maximum atomic E-state index is 6.06. The smallest absolute Gasteiger partial charge is 0.213 e. The summed E-state index contributed by atoms with van der Waals surface area (Å²) < 4.78 is 5.46. The molecule has 0 radical (unpaired) electrons. The third-order valence-corrected chi connectivity index (χ3v) is 2.52. The van der Waals surface area contributed by atoms with Gasteiger partial charge in [0.1, 0.15) is 6.61 Å². The highest BCUT2D eigenvalue weighted by atomic mass is 35.5. The minimum Gasteiger partial charge on any atom is -0.473 e. The second-order valence-electron chi connectivity index (χ2n) is 3.63. The Labute approximate surface area is 108 Å². The molecule has 0 aromatic carbocycles. The molecule has 0 aliphatic rings. The fraction of sp³-hybridized carbons (Fsp3) is 0.462. The Balaban J connectivity index is 2.58. The number of aromatic nitrogens is 1. The molecule has 94 valence electrons. The molecule has 17 heavy (non-hydrogen) atoms. The molecule has 0 saturated carbocycles. The van der Waals surface area contributed by atoms with Gasteiger partial charge in [-0.05, 0) is 26.0 Å². The third kappa shape index (κ3) is 5.20. The normalized spacial score (nSPS) is 11.0. The van der Waals surface area contributed by atoms with E-state index in [0.29, 0.717) is 24.1 Å². The van der Waals surface area contributed by atoms with Crippen LogP contribution in [0, 0.1) is 0 Å². The molecule has 0 saturated heterocycles. The second-order valence-corrected chi connectivity index (χ2v) is 4.04. The van der Waals surface area contributed by atoms with Crippen molar-refractivity contribution in [2.24, 2.45) is 0 Å². The van der Waals surface area contributed by atoms with Crippen molar-refractivity contribution in [2.75, 3.05) is 13.2 Å². The molecule has 1 heterocycles. The SMILES string of the molecule is CC=CCOc1ccc(Cl)c(CNCCC)n1. The summed E-state index contributed by atoms with van der Waals surface area (Å²) in [5, 5.41) is 3.94. The van der Waals surface area contributed by atoms with Crippen molar-refractivity contribution in [1.29, 1.82) is 0 Å². The zero-order valence-corrected chi connectivity index (χ0v) is 11.1. The highest BCUT2D eigenvalue weighted by molar-refractivity contribution is 6.31. The summed E-state index contributed by atoms with van der Waals surface area (Å²) in [6.07, 6.45) is 4.97. The van der Waals surface area contributed by atoms with E-state index in [1.165, 1.54) is 0 Å². The predicted molar refractivity (Wildman–Crippen MR) is 71.6 cm³/mol. The van der Waals surface area contributed by atoms with Crippen molar-refractivity contribution < 1.29 is 4.74 Å². The average Bonchev–Trinajstić information content (AvgIpc) is 2.33. The van der Waals surface area contributed by atoms with Gasteiger partial charge in [0.15, 0.2) is 0 Å². The van der Waals surface area contributed by atoms with E-state index in [-0.39, 0.29) is 0 Å². The standard InChI is InChI=1S/C13H19ClN2O/c1-3-5-9-17-13-7-6-11(14)12(16-13)10-15-8-4-2/h3,5-7,15H,4,8-10H2,1-2H3. The van der Waals surface area contributed by atoms with E-state index in [0.717, 1.165) is 18.7 Å². The Hall–Kier alpha value is -1.06. The van der Waals surface area contributed by atoms with Gasteiger partial charge in [0.25, 0.3) is 0 Å². The van der Waals surface area contributed by atoms with Gasteiger partial charge >= 0.3 is 0 Å². The van der Waals surface area contributed by atoms with Crippen molar-refractivity contribution in [3.05, 3.63) is 35.0 Å². The van der Waals surface area contributed by atoms with Gasteiger partial charge in [-0.2, -0.15) is 0 Å². The number of hydrogen-bond donors (Lipinski definition) is 1. The number of ether oxygens (including phenoxy) is 1. The fourth-order valence-electron chi connectivity index (χ4n) is 1.28.